The minimum atomic E-state index is -0.388. The Balaban J connectivity index is 1.50. The molecule has 0 saturated carbocycles. The molecule has 132 valence electrons. The Morgan fingerprint density at radius 2 is 1.92 bits per heavy atom. The van der Waals surface area contributed by atoms with Gasteiger partial charge in [-0.1, -0.05) is 13.0 Å². The van der Waals surface area contributed by atoms with Gasteiger partial charge in [0, 0.05) is 30.5 Å². The molecule has 1 aliphatic heterocycles. The second-order valence-corrected chi connectivity index (χ2v) is 6.51. The first kappa shape index (κ1) is 17.3. The van der Waals surface area contributed by atoms with Crippen LogP contribution in [0.25, 0.3) is 0 Å². The molecule has 1 saturated heterocycles. The Labute approximate surface area is 147 Å². The molecule has 0 aliphatic carbocycles. The van der Waals surface area contributed by atoms with Gasteiger partial charge < -0.3 is 15.0 Å². The molecular formula is C20H23FN2O2. The molecule has 1 N–H and O–H groups in total. The molecule has 0 aromatic heterocycles. The van der Waals surface area contributed by atoms with Gasteiger partial charge >= 0.3 is 0 Å². The standard InChI is InChI=1S/C20H23FN2O2/c1-15-9-11-23(12-10-15)18-7-5-17(6-8-18)22-20(24)14-25-19-4-2-3-16(21)13-19/h2-8,13,15H,9-12,14H2,1H3,(H,22,24). The number of carbonyl (C=O) groups is 1. The summed E-state index contributed by atoms with van der Waals surface area (Å²) in [5, 5.41) is 2.79. The van der Waals surface area contributed by atoms with Gasteiger partial charge in [-0.2, -0.15) is 0 Å². The van der Waals surface area contributed by atoms with Crippen molar-refractivity contribution >= 4 is 17.3 Å². The monoisotopic (exact) mass is 342 g/mol. The van der Waals surface area contributed by atoms with E-state index in [1.807, 2.05) is 24.3 Å². The van der Waals surface area contributed by atoms with Crippen LogP contribution in [0.15, 0.2) is 48.5 Å². The third-order valence-corrected chi connectivity index (χ3v) is 4.47. The van der Waals surface area contributed by atoms with Crippen LogP contribution < -0.4 is 15.0 Å². The first-order valence-corrected chi connectivity index (χ1v) is 8.63. The van der Waals surface area contributed by atoms with Crippen molar-refractivity contribution in [3.05, 3.63) is 54.3 Å². The van der Waals surface area contributed by atoms with Crippen molar-refractivity contribution in [2.24, 2.45) is 5.92 Å². The molecule has 1 fully saturated rings. The highest BCUT2D eigenvalue weighted by atomic mass is 19.1. The van der Waals surface area contributed by atoms with E-state index in [2.05, 4.69) is 17.1 Å². The fraction of sp³-hybridized carbons (Fsp3) is 0.350. The maximum atomic E-state index is 13.1. The lowest BCUT2D eigenvalue weighted by Crippen LogP contribution is -2.32. The Hall–Kier alpha value is -2.56. The van der Waals surface area contributed by atoms with Gasteiger partial charge in [0.2, 0.25) is 0 Å². The summed E-state index contributed by atoms with van der Waals surface area (Å²) < 4.78 is 18.4. The van der Waals surface area contributed by atoms with Crippen LogP contribution in [0.1, 0.15) is 19.8 Å². The SMILES string of the molecule is CC1CCN(c2ccc(NC(=O)COc3cccc(F)c3)cc2)CC1. The summed E-state index contributed by atoms with van der Waals surface area (Å²) in [6.07, 6.45) is 2.44. The van der Waals surface area contributed by atoms with Crippen LogP contribution in [0.4, 0.5) is 15.8 Å². The normalized spacial score (nSPS) is 15.0. The van der Waals surface area contributed by atoms with Crippen LogP contribution in [0.3, 0.4) is 0 Å². The number of carbonyl (C=O) groups excluding carboxylic acids is 1. The van der Waals surface area contributed by atoms with E-state index in [-0.39, 0.29) is 18.3 Å². The quantitative estimate of drug-likeness (QED) is 0.890. The van der Waals surface area contributed by atoms with E-state index in [9.17, 15) is 9.18 Å². The molecule has 0 radical (unpaired) electrons. The van der Waals surface area contributed by atoms with E-state index in [1.165, 1.54) is 30.7 Å². The average molecular weight is 342 g/mol. The van der Waals surface area contributed by atoms with E-state index in [1.54, 1.807) is 12.1 Å². The van der Waals surface area contributed by atoms with Gasteiger partial charge in [-0.05, 0) is 55.2 Å². The number of nitrogens with one attached hydrogen (secondary N) is 1. The minimum Gasteiger partial charge on any atom is -0.484 e. The van der Waals surface area contributed by atoms with Crippen molar-refractivity contribution in [2.75, 3.05) is 29.9 Å². The highest BCUT2D eigenvalue weighted by Gasteiger charge is 2.15. The van der Waals surface area contributed by atoms with Crippen molar-refractivity contribution in [1.29, 1.82) is 0 Å². The number of amides is 1. The third-order valence-electron chi connectivity index (χ3n) is 4.47. The van der Waals surface area contributed by atoms with Gasteiger partial charge in [-0.25, -0.2) is 4.39 Å². The summed E-state index contributed by atoms with van der Waals surface area (Å²) >= 11 is 0. The predicted molar refractivity (Wildman–Crippen MR) is 97.6 cm³/mol. The van der Waals surface area contributed by atoms with Crippen LogP contribution in [-0.4, -0.2) is 25.6 Å². The van der Waals surface area contributed by atoms with E-state index in [0.717, 1.165) is 24.7 Å². The van der Waals surface area contributed by atoms with Gasteiger partial charge in [-0.15, -0.1) is 0 Å². The Morgan fingerprint density at radius 3 is 2.60 bits per heavy atom. The summed E-state index contributed by atoms with van der Waals surface area (Å²) in [4.78, 5) is 14.3. The predicted octanol–water partition coefficient (Wildman–Crippen LogP) is 4.08. The Morgan fingerprint density at radius 1 is 1.20 bits per heavy atom. The summed E-state index contributed by atoms with van der Waals surface area (Å²) in [6, 6.07) is 13.6. The van der Waals surface area contributed by atoms with Gasteiger partial charge in [0.25, 0.3) is 5.91 Å². The number of hydrogen-bond donors (Lipinski definition) is 1. The smallest absolute Gasteiger partial charge is 0.262 e. The lowest BCUT2D eigenvalue weighted by molar-refractivity contribution is -0.118. The number of halogens is 1. The minimum absolute atomic E-state index is 0.158. The summed E-state index contributed by atoms with van der Waals surface area (Å²) in [5.41, 5.74) is 1.91. The molecule has 1 heterocycles. The van der Waals surface area contributed by atoms with E-state index in [0.29, 0.717) is 5.75 Å². The molecule has 0 spiro atoms. The molecule has 0 unspecified atom stereocenters. The largest absolute Gasteiger partial charge is 0.484 e. The van der Waals surface area contributed by atoms with Crippen LogP contribution in [0.2, 0.25) is 0 Å². The zero-order valence-corrected chi connectivity index (χ0v) is 14.4. The zero-order chi connectivity index (χ0) is 17.6. The fourth-order valence-corrected chi connectivity index (χ4v) is 2.93. The lowest BCUT2D eigenvalue weighted by atomic mass is 9.99. The van der Waals surface area contributed by atoms with Gasteiger partial charge in [0.1, 0.15) is 11.6 Å². The molecule has 1 amide bonds. The van der Waals surface area contributed by atoms with Crippen molar-refractivity contribution in [3.8, 4) is 5.75 Å². The number of ether oxygens (including phenoxy) is 1. The van der Waals surface area contributed by atoms with Crippen LogP contribution in [0, 0.1) is 11.7 Å². The number of benzene rings is 2. The molecular weight excluding hydrogens is 319 g/mol. The van der Waals surface area contributed by atoms with E-state index in [4.69, 9.17) is 4.74 Å². The molecule has 25 heavy (non-hydrogen) atoms. The Kier molecular flexibility index (Phi) is 5.53. The van der Waals surface area contributed by atoms with Gasteiger partial charge in [0.05, 0.1) is 0 Å². The molecule has 2 aromatic rings. The highest BCUT2D eigenvalue weighted by Crippen LogP contribution is 2.24. The number of anilines is 2. The van der Waals surface area contributed by atoms with Crippen molar-refractivity contribution < 1.29 is 13.9 Å². The van der Waals surface area contributed by atoms with Crippen molar-refractivity contribution in [1.82, 2.24) is 0 Å². The average Bonchev–Trinajstić information content (AvgIpc) is 2.62. The topological polar surface area (TPSA) is 41.6 Å². The molecule has 5 heteroatoms. The molecule has 3 rings (SSSR count). The van der Waals surface area contributed by atoms with Crippen molar-refractivity contribution in [2.45, 2.75) is 19.8 Å². The lowest BCUT2D eigenvalue weighted by Gasteiger charge is -2.32. The summed E-state index contributed by atoms with van der Waals surface area (Å²) in [7, 11) is 0. The van der Waals surface area contributed by atoms with Gasteiger partial charge in [-0.3, -0.25) is 4.79 Å². The molecule has 0 bridgehead atoms. The zero-order valence-electron chi connectivity index (χ0n) is 14.4. The third kappa shape index (κ3) is 4.95. The first-order valence-electron chi connectivity index (χ1n) is 8.63. The van der Waals surface area contributed by atoms with E-state index < -0.39 is 0 Å². The molecule has 2 aromatic carbocycles. The summed E-state index contributed by atoms with van der Waals surface area (Å²) in [5.74, 6) is 0.474. The number of hydrogen-bond acceptors (Lipinski definition) is 3. The molecule has 1 aliphatic rings. The molecule has 0 atom stereocenters. The van der Waals surface area contributed by atoms with Gasteiger partial charge in [0.15, 0.2) is 6.61 Å². The van der Waals surface area contributed by atoms with E-state index >= 15 is 0 Å². The number of piperidine rings is 1. The van der Waals surface area contributed by atoms with Crippen LogP contribution in [0.5, 0.6) is 5.75 Å². The van der Waals surface area contributed by atoms with Crippen LogP contribution in [-0.2, 0) is 4.79 Å². The maximum Gasteiger partial charge on any atom is 0.262 e. The Bertz CT molecular complexity index is 710. The molecule has 4 nitrogen and oxygen atoms in total. The summed E-state index contributed by atoms with van der Waals surface area (Å²) in [6.45, 7) is 4.29. The fourth-order valence-electron chi connectivity index (χ4n) is 2.93. The second kappa shape index (κ2) is 8.01. The maximum absolute atomic E-state index is 13.1. The first-order chi connectivity index (χ1) is 12.1. The number of nitrogens with zero attached hydrogens (tertiary/aromatic N) is 1. The number of rotatable bonds is 5. The highest BCUT2D eigenvalue weighted by molar-refractivity contribution is 5.92. The second-order valence-electron chi connectivity index (χ2n) is 6.51. The van der Waals surface area contributed by atoms with Crippen molar-refractivity contribution in [3.63, 3.8) is 0 Å². The van der Waals surface area contributed by atoms with Crippen LogP contribution >= 0.6 is 0 Å².